The zero-order valence-electron chi connectivity index (χ0n) is 12.4. The fourth-order valence-corrected chi connectivity index (χ4v) is 2.46. The lowest BCUT2D eigenvalue weighted by Gasteiger charge is -2.35. The molecule has 114 valence electrons. The van der Waals surface area contributed by atoms with E-state index in [0.717, 1.165) is 12.8 Å². The molecule has 0 radical (unpaired) electrons. The molecule has 1 aliphatic rings. The van der Waals surface area contributed by atoms with Crippen LogP contribution in [-0.4, -0.2) is 78.6 Å². The second kappa shape index (κ2) is 7.89. The van der Waals surface area contributed by atoms with Gasteiger partial charge in [-0.2, -0.15) is 0 Å². The summed E-state index contributed by atoms with van der Waals surface area (Å²) in [5, 5.41) is 9.02. The van der Waals surface area contributed by atoms with Crippen molar-refractivity contribution >= 4 is 11.9 Å². The van der Waals surface area contributed by atoms with Crippen LogP contribution >= 0.6 is 0 Å². The Morgan fingerprint density at radius 3 is 2.70 bits per heavy atom. The summed E-state index contributed by atoms with van der Waals surface area (Å²) in [7, 11) is 3.42. The lowest BCUT2D eigenvalue weighted by Crippen LogP contribution is -2.49. The van der Waals surface area contributed by atoms with Gasteiger partial charge in [0.15, 0.2) is 0 Å². The van der Waals surface area contributed by atoms with Crippen LogP contribution in [0, 0.1) is 5.92 Å². The summed E-state index contributed by atoms with van der Waals surface area (Å²) in [6, 6.07) is -0.0556. The van der Waals surface area contributed by atoms with Gasteiger partial charge in [-0.15, -0.1) is 6.58 Å². The normalized spacial score (nSPS) is 18.6. The van der Waals surface area contributed by atoms with E-state index in [0.29, 0.717) is 26.2 Å². The van der Waals surface area contributed by atoms with Gasteiger partial charge in [0.25, 0.3) is 0 Å². The number of likely N-dealkylation sites (tertiary alicyclic amines) is 1. The van der Waals surface area contributed by atoms with E-state index < -0.39 is 0 Å². The zero-order valence-corrected chi connectivity index (χ0v) is 12.4. The zero-order chi connectivity index (χ0) is 15.1. The molecule has 0 bridgehead atoms. The van der Waals surface area contributed by atoms with Crippen molar-refractivity contribution in [3.8, 4) is 0 Å². The first kappa shape index (κ1) is 16.5. The molecule has 1 atom stereocenters. The molecule has 0 spiro atoms. The molecule has 0 saturated carbocycles. The molecule has 1 heterocycles. The Hall–Kier alpha value is -1.56. The molecule has 1 aliphatic heterocycles. The van der Waals surface area contributed by atoms with Crippen molar-refractivity contribution in [2.45, 2.75) is 12.8 Å². The van der Waals surface area contributed by atoms with Gasteiger partial charge in [0, 0.05) is 40.3 Å². The third kappa shape index (κ3) is 4.23. The number of carbonyl (C=O) groups excluding carboxylic acids is 2. The summed E-state index contributed by atoms with van der Waals surface area (Å²) in [4.78, 5) is 29.2. The predicted octanol–water partition coefficient (Wildman–Crippen LogP) is 0.387. The Kier molecular flexibility index (Phi) is 6.51. The molecular formula is C14H25N3O3. The molecule has 6 nitrogen and oxygen atoms in total. The summed E-state index contributed by atoms with van der Waals surface area (Å²) in [5.41, 5.74) is 0. The highest BCUT2D eigenvalue weighted by atomic mass is 16.3. The molecule has 6 heteroatoms. The molecule has 0 aromatic heterocycles. The van der Waals surface area contributed by atoms with Crippen molar-refractivity contribution in [2.75, 3.05) is 46.9 Å². The van der Waals surface area contributed by atoms with Crippen LogP contribution in [0.15, 0.2) is 12.7 Å². The number of piperidine rings is 1. The quantitative estimate of drug-likeness (QED) is 0.742. The molecule has 0 aromatic rings. The SMILES string of the molecule is C=CCN(CCO)C(=O)C1CCCN(C(=O)N(C)C)C1. The van der Waals surface area contributed by atoms with Gasteiger partial charge in [-0.3, -0.25) is 4.79 Å². The third-order valence-electron chi connectivity index (χ3n) is 3.45. The van der Waals surface area contributed by atoms with Crippen molar-refractivity contribution in [2.24, 2.45) is 5.92 Å². The molecule has 0 aliphatic carbocycles. The standard InChI is InChI=1S/C14H25N3O3/c1-4-7-16(9-10-18)13(19)12-6-5-8-17(11-12)14(20)15(2)3/h4,12,18H,1,5-11H2,2-3H3. The number of urea groups is 1. The summed E-state index contributed by atoms with van der Waals surface area (Å²) in [5.74, 6) is -0.186. The average Bonchev–Trinajstić information content (AvgIpc) is 2.45. The van der Waals surface area contributed by atoms with Crippen LogP contribution in [-0.2, 0) is 4.79 Å². The van der Waals surface area contributed by atoms with Gasteiger partial charge >= 0.3 is 6.03 Å². The van der Waals surface area contributed by atoms with Gasteiger partial charge in [-0.25, -0.2) is 4.79 Å². The van der Waals surface area contributed by atoms with Gasteiger partial charge < -0.3 is 19.8 Å². The van der Waals surface area contributed by atoms with E-state index in [9.17, 15) is 9.59 Å². The lowest BCUT2D eigenvalue weighted by molar-refractivity contribution is -0.136. The highest BCUT2D eigenvalue weighted by Crippen LogP contribution is 2.19. The molecule has 20 heavy (non-hydrogen) atoms. The topological polar surface area (TPSA) is 64.1 Å². The summed E-state index contributed by atoms with van der Waals surface area (Å²) in [6.07, 6.45) is 3.27. The van der Waals surface area contributed by atoms with Crippen LogP contribution in [0.4, 0.5) is 4.79 Å². The Labute approximate surface area is 120 Å². The number of aliphatic hydroxyl groups is 1. The summed E-state index contributed by atoms with van der Waals surface area (Å²) >= 11 is 0. The Morgan fingerprint density at radius 1 is 1.45 bits per heavy atom. The summed E-state index contributed by atoms with van der Waals surface area (Å²) in [6.45, 7) is 5.45. The highest BCUT2D eigenvalue weighted by Gasteiger charge is 2.31. The van der Waals surface area contributed by atoms with Crippen molar-refractivity contribution in [3.63, 3.8) is 0 Å². The molecule has 1 N–H and O–H groups in total. The first-order valence-electron chi connectivity index (χ1n) is 6.98. The van der Waals surface area contributed by atoms with Crippen molar-refractivity contribution in [1.82, 2.24) is 14.7 Å². The number of nitrogens with zero attached hydrogens (tertiary/aromatic N) is 3. The number of hydrogen-bond acceptors (Lipinski definition) is 3. The van der Waals surface area contributed by atoms with Gasteiger partial charge in [0.2, 0.25) is 5.91 Å². The van der Waals surface area contributed by atoms with Gasteiger partial charge in [-0.1, -0.05) is 6.08 Å². The number of hydrogen-bond donors (Lipinski definition) is 1. The highest BCUT2D eigenvalue weighted by molar-refractivity contribution is 5.81. The van der Waals surface area contributed by atoms with E-state index in [1.165, 1.54) is 4.90 Å². The molecule has 0 aromatic carbocycles. The molecule has 3 amide bonds. The Balaban J connectivity index is 2.67. The second-order valence-corrected chi connectivity index (χ2v) is 5.26. The number of amides is 3. The van der Waals surface area contributed by atoms with Gasteiger partial charge in [0.05, 0.1) is 12.5 Å². The Bertz CT molecular complexity index is 358. The Morgan fingerprint density at radius 2 is 2.15 bits per heavy atom. The maximum Gasteiger partial charge on any atom is 0.319 e. The van der Waals surface area contributed by atoms with E-state index in [4.69, 9.17) is 5.11 Å². The van der Waals surface area contributed by atoms with Gasteiger partial charge in [-0.05, 0) is 12.8 Å². The van der Waals surface area contributed by atoms with Crippen LogP contribution in [0.2, 0.25) is 0 Å². The van der Waals surface area contributed by atoms with E-state index in [-0.39, 0.29) is 24.5 Å². The predicted molar refractivity (Wildman–Crippen MR) is 77.2 cm³/mol. The maximum absolute atomic E-state index is 12.4. The van der Waals surface area contributed by atoms with E-state index in [1.54, 1.807) is 30.0 Å². The average molecular weight is 283 g/mol. The molecule has 1 rings (SSSR count). The molecular weight excluding hydrogens is 258 g/mol. The number of aliphatic hydroxyl groups excluding tert-OH is 1. The molecule has 1 unspecified atom stereocenters. The van der Waals surface area contributed by atoms with Crippen molar-refractivity contribution < 1.29 is 14.7 Å². The van der Waals surface area contributed by atoms with E-state index >= 15 is 0 Å². The maximum atomic E-state index is 12.4. The first-order valence-corrected chi connectivity index (χ1v) is 6.98. The number of carbonyl (C=O) groups is 2. The molecule has 1 fully saturated rings. The lowest BCUT2D eigenvalue weighted by atomic mass is 9.96. The van der Waals surface area contributed by atoms with Crippen LogP contribution in [0.5, 0.6) is 0 Å². The van der Waals surface area contributed by atoms with Crippen LogP contribution in [0.3, 0.4) is 0 Å². The fourth-order valence-electron chi connectivity index (χ4n) is 2.46. The summed E-state index contributed by atoms with van der Waals surface area (Å²) < 4.78 is 0. The molecule has 1 saturated heterocycles. The smallest absolute Gasteiger partial charge is 0.319 e. The second-order valence-electron chi connectivity index (χ2n) is 5.26. The fraction of sp³-hybridized carbons (Fsp3) is 0.714. The van der Waals surface area contributed by atoms with Crippen LogP contribution < -0.4 is 0 Å². The van der Waals surface area contributed by atoms with Gasteiger partial charge in [0.1, 0.15) is 0 Å². The van der Waals surface area contributed by atoms with Crippen molar-refractivity contribution in [3.05, 3.63) is 12.7 Å². The van der Waals surface area contributed by atoms with E-state index in [2.05, 4.69) is 6.58 Å². The third-order valence-corrected chi connectivity index (χ3v) is 3.45. The minimum atomic E-state index is -0.181. The minimum Gasteiger partial charge on any atom is -0.395 e. The number of rotatable bonds is 5. The first-order chi connectivity index (χ1) is 9.51. The minimum absolute atomic E-state index is 0.00444. The van der Waals surface area contributed by atoms with Crippen LogP contribution in [0.25, 0.3) is 0 Å². The van der Waals surface area contributed by atoms with Crippen molar-refractivity contribution in [1.29, 1.82) is 0 Å². The largest absolute Gasteiger partial charge is 0.395 e. The van der Waals surface area contributed by atoms with Crippen LogP contribution in [0.1, 0.15) is 12.8 Å². The monoisotopic (exact) mass is 283 g/mol. The van der Waals surface area contributed by atoms with E-state index in [1.807, 2.05) is 0 Å².